The number of nitrogens with one attached hydrogen (secondary N) is 1. The molecule has 19 heavy (non-hydrogen) atoms. The number of nitrogens with zero attached hydrogens (tertiary/aromatic N) is 2. The van der Waals surface area contributed by atoms with E-state index < -0.39 is 0 Å². The Bertz CT molecular complexity index is 476. The van der Waals surface area contributed by atoms with Gasteiger partial charge >= 0.3 is 0 Å². The maximum Gasteiger partial charge on any atom is 0.0640 e. The summed E-state index contributed by atoms with van der Waals surface area (Å²) in [4.78, 5) is 0. The van der Waals surface area contributed by atoms with Crippen LogP contribution in [0.4, 0.5) is 0 Å². The first kappa shape index (κ1) is 13.8. The summed E-state index contributed by atoms with van der Waals surface area (Å²) in [6.45, 7) is 3.17. The molecule has 2 aromatic rings. The van der Waals surface area contributed by atoms with Gasteiger partial charge in [-0.3, -0.25) is 4.68 Å². The summed E-state index contributed by atoms with van der Waals surface area (Å²) in [6, 6.07) is 13.3. The van der Waals surface area contributed by atoms with Crippen LogP contribution in [-0.4, -0.2) is 22.4 Å². The van der Waals surface area contributed by atoms with Gasteiger partial charge in [0.25, 0.3) is 0 Å². The molecule has 0 saturated heterocycles. The average molecular weight is 257 g/mol. The van der Waals surface area contributed by atoms with Crippen LogP contribution in [0.1, 0.15) is 24.6 Å². The summed E-state index contributed by atoms with van der Waals surface area (Å²) < 4.78 is 1.87. The second-order valence-electron chi connectivity index (χ2n) is 4.96. The van der Waals surface area contributed by atoms with Crippen molar-refractivity contribution in [2.45, 2.75) is 32.2 Å². The highest BCUT2D eigenvalue weighted by molar-refractivity contribution is 5.15. The van der Waals surface area contributed by atoms with Gasteiger partial charge in [0.2, 0.25) is 0 Å². The molecule has 1 atom stereocenters. The number of likely N-dealkylation sites (N-methyl/N-ethyl adjacent to an activating group) is 1. The van der Waals surface area contributed by atoms with Crippen molar-refractivity contribution >= 4 is 0 Å². The Morgan fingerprint density at radius 2 is 2.00 bits per heavy atom. The lowest BCUT2D eigenvalue weighted by Crippen LogP contribution is -2.31. The number of aromatic nitrogens is 2. The average Bonchev–Trinajstić information content (AvgIpc) is 2.83. The minimum atomic E-state index is 0.500. The molecule has 0 fully saturated rings. The highest BCUT2D eigenvalue weighted by atomic mass is 15.2. The van der Waals surface area contributed by atoms with Crippen LogP contribution in [0.5, 0.6) is 0 Å². The molecule has 1 unspecified atom stereocenters. The minimum absolute atomic E-state index is 0.500. The summed E-state index contributed by atoms with van der Waals surface area (Å²) in [5.41, 5.74) is 2.58. The maximum atomic E-state index is 4.46. The fraction of sp³-hybridized carbons (Fsp3) is 0.438. The van der Waals surface area contributed by atoms with Gasteiger partial charge in [0.15, 0.2) is 0 Å². The van der Waals surface area contributed by atoms with Gasteiger partial charge in [-0.1, -0.05) is 37.3 Å². The summed E-state index contributed by atoms with van der Waals surface area (Å²) in [7, 11) is 1.97. The molecule has 0 radical (unpaired) electrons. The summed E-state index contributed by atoms with van der Waals surface area (Å²) in [5, 5.41) is 8.03. The molecule has 3 heteroatoms. The molecule has 0 spiro atoms. The Morgan fingerprint density at radius 1 is 1.21 bits per heavy atom. The van der Waals surface area contributed by atoms with Crippen LogP contribution >= 0.6 is 0 Å². The fourth-order valence-corrected chi connectivity index (χ4v) is 2.38. The van der Waals surface area contributed by atoms with Gasteiger partial charge in [-0.2, -0.15) is 5.10 Å². The van der Waals surface area contributed by atoms with E-state index in [9.17, 15) is 0 Å². The van der Waals surface area contributed by atoms with Crippen molar-refractivity contribution in [1.29, 1.82) is 0 Å². The Kier molecular flexibility index (Phi) is 5.16. The lowest BCUT2D eigenvalue weighted by Gasteiger charge is -2.16. The van der Waals surface area contributed by atoms with Crippen LogP contribution in [0, 0.1) is 0 Å². The first-order valence-corrected chi connectivity index (χ1v) is 7.03. The first-order chi connectivity index (χ1) is 9.28. The van der Waals surface area contributed by atoms with Crippen molar-refractivity contribution in [2.24, 2.45) is 7.05 Å². The van der Waals surface area contributed by atoms with E-state index in [4.69, 9.17) is 0 Å². The highest BCUT2D eigenvalue weighted by Gasteiger charge is 2.10. The molecular weight excluding hydrogens is 234 g/mol. The van der Waals surface area contributed by atoms with E-state index >= 15 is 0 Å². The minimum Gasteiger partial charge on any atom is -0.314 e. The molecule has 0 aliphatic carbocycles. The van der Waals surface area contributed by atoms with Crippen LogP contribution in [0.25, 0.3) is 0 Å². The molecule has 0 aliphatic rings. The zero-order chi connectivity index (χ0) is 13.5. The van der Waals surface area contributed by atoms with E-state index in [-0.39, 0.29) is 0 Å². The van der Waals surface area contributed by atoms with Gasteiger partial charge in [0.1, 0.15) is 0 Å². The number of hydrogen-bond acceptors (Lipinski definition) is 2. The third-order valence-electron chi connectivity index (χ3n) is 3.34. The predicted octanol–water partition coefficient (Wildman–Crippen LogP) is 2.57. The van der Waals surface area contributed by atoms with E-state index in [1.807, 2.05) is 17.9 Å². The molecule has 1 aromatic carbocycles. The van der Waals surface area contributed by atoms with E-state index in [1.165, 1.54) is 11.3 Å². The summed E-state index contributed by atoms with van der Waals surface area (Å²) in [6.07, 6.45) is 5.27. The first-order valence-electron chi connectivity index (χ1n) is 7.03. The molecule has 0 bridgehead atoms. The van der Waals surface area contributed by atoms with Gasteiger partial charge in [0, 0.05) is 25.7 Å². The second kappa shape index (κ2) is 7.10. The molecule has 2 rings (SSSR count). The topological polar surface area (TPSA) is 29.9 Å². The molecule has 0 saturated carbocycles. The third-order valence-corrected chi connectivity index (χ3v) is 3.34. The second-order valence-corrected chi connectivity index (χ2v) is 4.96. The number of rotatable bonds is 7. The van der Waals surface area contributed by atoms with Crippen LogP contribution in [0.3, 0.4) is 0 Å². The van der Waals surface area contributed by atoms with Crippen molar-refractivity contribution in [2.75, 3.05) is 6.54 Å². The maximum absolute atomic E-state index is 4.46. The number of aryl methyl sites for hydroxylation is 2. The number of benzene rings is 1. The summed E-state index contributed by atoms with van der Waals surface area (Å²) >= 11 is 0. The van der Waals surface area contributed by atoms with Gasteiger partial charge < -0.3 is 5.32 Å². The molecule has 1 N–H and O–H groups in total. The largest absolute Gasteiger partial charge is 0.314 e. The van der Waals surface area contributed by atoms with Crippen molar-refractivity contribution in [3.8, 4) is 0 Å². The fourth-order valence-electron chi connectivity index (χ4n) is 2.38. The van der Waals surface area contributed by atoms with Gasteiger partial charge in [-0.25, -0.2) is 0 Å². The predicted molar refractivity (Wildman–Crippen MR) is 79.1 cm³/mol. The molecule has 0 aliphatic heterocycles. The van der Waals surface area contributed by atoms with Gasteiger partial charge in [-0.15, -0.1) is 0 Å². The monoisotopic (exact) mass is 257 g/mol. The van der Waals surface area contributed by atoms with Crippen LogP contribution in [-0.2, 0) is 19.9 Å². The quantitative estimate of drug-likeness (QED) is 0.826. The van der Waals surface area contributed by atoms with Crippen molar-refractivity contribution in [3.63, 3.8) is 0 Å². The molecule has 102 valence electrons. The standard InChI is InChI=1S/C16H23N3/c1-3-17-15(13-16-11-12-19(2)18-16)10-9-14-7-5-4-6-8-14/h4-8,11-12,15,17H,3,9-10,13H2,1-2H3. The van der Waals surface area contributed by atoms with Crippen molar-refractivity contribution in [3.05, 3.63) is 53.9 Å². The Balaban J connectivity index is 1.89. The van der Waals surface area contributed by atoms with Gasteiger partial charge in [-0.05, 0) is 31.0 Å². The zero-order valence-electron chi connectivity index (χ0n) is 11.8. The number of hydrogen-bond donors (Lipinski definition) is 1. The Morgan fingerprint density at radius 3 is 2.63 bits per heavy atom. The zero-order valence-corrected chi connectivity index (χ0v) is 11.8. The lowest BCUT2D eigenvalue weighted by atomic mass is 10.0. The lowest BCUT2D eigenvalue weighted by molar-refractivity contribution is 0.484. The highest BCUT2D eigenvalue weighted by Crippen LogP contribution is 2.09. The van der Waals surface area contributed by atoms with Gasteiger partial charge in [0.05, 0.1) is 5.69 Å². The van der Waals surface area contributed by atoms with Crippen molar-refractivity contribution < 1.29 is 0 Å². The third kappa shape index (κ3) is 4.52. The van der Waals surface area contributed by atoms with Crippen molar-refractivity contribution in [1.82, 2.24) is 15.1 Å². The summed E-state index contributed by atoms with van der Waals surface area (Å²) in [5.74, 6) is 0. The Labute approximate surface area is 115 Å². The normalized spacial score (nSPS) is 12.5. The van der Waals surface area contributed by atoms with E-state index in [2.05, 4.69) is 53.7 Å². The molecular formula is C16H23N3. The SMILES string of the molecule is CCNC(CCc1ccccc1)Cc1ccn(C)n1. The van der Waals surface area contributed by atoms with E-state index in [0.29, 0.717) is 6.04 Å². The molecule has 0 amide bonds. The Hall–Kier alpha value is -1.61. The smallest absolute Gasteiger partial charge is 0.0640 e. The van der Waals surface area contributed by atoms with Crippen LogP contribution in [0.2, 0.25) is 0 Å². The van der Waals surface area contributed by atoms with E-state index in [1.54, 1.807) is 0 Å². The molecule has 3 nitrogen and oxygen atoms in total. The van der Waals surface area contributed by atoms with Crippen LogP contribution < -0.4 is 5.32 Å². The molecule has 1 heterocycles. The van der Waals surface area contributed by atoms with E-state index in [0.717, 1.165) is 25.8 Å². The molecule has 1 aromatic heterocycles. The van der Waals surface area contributed by atoms with Crippen LogP contribution in [0.15, 0.2) is 42.6 Å².